The van der Waals surface area contributed by atoms with Gasteiger partial charge in [0.05, 0.1) is 31.4 Å². The van der Waals surface area contributed by atoms with Crippen LogP contribution in [0, 0.1) is 5.82 Å². The van der Waals surface area contributed by atoms with Gasteiger partial charge in [0.2, 0.25) is 0 Å². The quantitative estimate of drug-likeness (QED) is 0.384. The molecule has 8 heteroatoms. The third-order valence-electron chi connectivity index (χ3n) is 5.37. The van der Waals surface area contributed by atoms with E-state index >= 15 is 0 Å². The molecule has 0 radical (unpaired) electrons. The molecule has 2 aromatic rings. The van der Waals surface area contributed by atoms with E-state index in [9.17, 15) is 19.1 Å². The second kappa shape index (κ2) is 9.82. The Labute approximate surface area is 186 Å². The average Bonchev–Trinajstić information content (AvgIpc) is 3.03. The van der Waals surface area contributed by atoms with Crippen molar-refractivity contribution in [2.24, 2.45) is 0 Å². The van der Waals surface area contributed by atoms with Gasteiger partial charge in [0, 0.05) is 12.6 Å². The molecule has 1 saturated heterocycles. The predicted octanol–water partition coefficient (Wildman–Crippen LogP) is 3.22. The van der Waals surface area contributed by atoms with E-state index in [1.807, 2.05) is 19.0 Å². The van der Waals surface area contributed by atoms with Gasteiger partial charge in [0.1, 0.15) is 23.1 Å². The van der Waals surface area contributed by atoms with Crippen LogP contribution in [0.3, 0.4) is 0 Å². The number of rotatable bonds is 8. The number of hydrogen-bond donors (Lipinski definition) is 1. The van der Waals surface area contributed by atoms with Crippen molar-refractivity contribution < 1.29 is 28.6 Å². The molecule has 2 aromatic carbocycles. The zero-order chi connectivity index (χ0) is 23.4. The van der Waals surface area contributed by atoms with Crippen molar-refractivity contribution in [1.29, 1.82) is 0 Å². The van der Waals surface area contributed by atoms with Crippen LogP contribution in [0.5, 0.6) is 11.5 Å². The fraction of sp³-hybridized carbons (Fsp3) is 0.333. The molecule has 170 valence electrons. The molecule has 1 aliphatic heterocycles. The lowest BCUT2D eigenvalue weighted by Gasteiger charge is -2.26. The van der Waals surface area contributed by atoms with Crippen molar-refractivity contribution in [3.63, 3.8) is 0 Å². The van der Waals surface area contributed by atoms with E-state index in [1.54, 1.807) is 24.3 Å². The smallest absolute Gasteiger partial charge is 0.295 e. The van der Waals surface area contributed by atoms with Gasteiger partial charge in [-0.1, -0.05) is 12.1 Å². The van der Waals surface area contributed by atoms with Crippen molar-refractivity contribution in [1.82, 2.24) is 9.80 Å². The van der Waals surface area contributed by atoms with Gasteiger partial charge in [0.15, 0.2) is 0 Å². The number of likely N-dealkylation sites (tertiary alicyclic amines) is 1. The predicted molar refractivity (Wildman–Crippen MR) is 118 cm³/mol. The lowest BCUT2D eigenvalue weighted by molar-refractivity contribution is -0.139. The van der Waals surface area contributed by atoms with Crippen LogP contribution >= 0.6 is 0 Å². The highest BCUT2D eigenvalue weighted by Crippen LogP contribution is 2.41. The molecule has 0 unspecified atom stereocenters. The number of ether oxygens (including phenoxy) is 2. The highest BCUT2D eigenvalue weighted by molar-refractivity contribution is 6.46. The van der Waals surface area contributed by atoms with E-state index < -0.39 is 23.5 Å². The molecule has 7 nitrogen and oxygen atoms in total. The molecule has 0 aliphatic carbocycles. The van der Waals surface area contributed by atoms with Crippen LogP contribution in [0.4, 0.5) is 4.39 Å². The van der Waals surface area contributed by atoms with Gasteiger partial charge < -0.3 is 24.4 Å². The number of aliphatic hydroxyl groups excluding tert-OH is 1. The number of carbonyl (C=O) groups excluding carboxylic acids is 2. The number of benzene rings is 2. The van der Waals surface area contributed by atoms with Gasteiger partial charge in [-0.05, 0) is 56.9 Å². The van der Waals surface area contributed by atoms with Crippen molar-refractivity contribution in [2.75, 3.05) is 41.4 Å². The first-order chi connectivity index (χ1) is 15.3. The highest BCUT2D eigenvalue weighted by atomic mass is 19.1. The average molecular weight is 442 g/mol. The SMILES string of the molecule is COc1ccc(C(O)=C2C(=O)C(=O)N(CCCN(C)C)[C@@H]2c2cccc(F)c2)c(OC)c1. The number of ketones is 1. The molecule has 1 heterocycles. The lowest BCUT2D eigenvalue weighted by atomic mass is 9.95. The number of amides is 1. The minimum Gasteiger partial charge on any atom is -0.507 e. The first-order valence-electron chi connectivity index (χ1n) is 10.2. The van der Waals surface area contributed by atoms with E-state index in [2.05, 4.69) is 0 Å². The third-order valence-corrected chi connectivity index (χ3v) is 5.37. The maximum Gasteiger partial charge on any atom is 0.295 e. The number of aliphatic hydroxyl groups is 1. The van der Waals surface area contributed by atoms with Crippen LogP contribution < -0.4 is 9.47 Å². The largest absolute Gasteiger partial charge is 0.507 e. The Morgan fingerprint density at radius 2 is 1.88 bits per heavy atom. The van der Waals surface area contributed by atoms with Crippen LogP contribution in [0.25, 0.3) is 5.76 Å². The number of nitrogens with zero attached hydrogens (tertiary/aromatic N) is 2. The van der Waals surface area contributed by atoms with E-state index in [0.717, 1.165) is 0 Å². The van der Waals surface area contributed by atoms with Crippen LogP contribution in [0.1, 0.15) is 23.6 Å². The van der Waals surface area contributed by atoms with Crippen molar-refractivity contribution in [3.05, 3.63) is 65.0 Å². The first kappa shape index (κ1) is 23.3. The summed E-state index contributed by atoms with van der Waals surface area (Å²) in [7, 11) is 6.75. The number of halogens is 1. The molecule has 1 N–H and O–H groups in total. The second-order valence-corrected chi connectivity index (χ2v) is 7.77. The van der Waals surface area contributed by atoms with E-state index in [-0.39, 0.29) is 29.2 Å². The maximum absolute atomic E-state index is 14.0. The van der Waals surface area contributed by atoms with Gasteiger partial charge in [-0.2, -0.15) is 0 Å². The Morgan fingerprint density at radius 3 is 2.50 bits per heavy atom. The molecule has 0 bridgehead atoms. The van der Waals surface area contributed by atoms with Crippen LogP contribution in [0.2, 0.25) is 0 Å². The molecule has 1 aliphatic rings. The first-order valence-corrected chi connectivity index (χ1v) is 10.2. The minimum atomic E-state index is -0.917. The Morgan fingerprint density at radius 1 is 1.12 bits per heavy atom. The molecule has 0 spiro atoms. The monoisotopic (exact) mass is 442 g/mol. The summed E-state index contributed by atoms with van der Waals surface area (Å²) in [5.41, 5.74) is 0.540. The van der Waals surface area contributed by atoms with Gasteiger partial charge in [-0.3, -0.25) is 9.59 Å². The molecule has 32 heavy (non-hydrogen) atoms. The zero-order valence-electron chi connectivity index (χ0n) is 18.6. The van der Waals surface area contributed by atoms with Crippen LogP contribution in [-0.2, 0) is 9.59 Å². The van der Waals surface area contributed by atoms with Crippen LogP contribution in [0.15, 0.2) is 48.0 Å². The highest BCUT2D eigenvalue weighted by Gasteiger charge is 2.46. The molecule has 1 atom stereocenters. The number of methoxy groups -OCH3 is 2. The summed E-state index contributed by atoms with van der Waals surface area (Å²) >= 11 is 0. The third kappa shape index (κ3) is 4.60. The van der Waals surface area contributed by atoms with Crippen molar-refractivity contribution >= 4 is 17.4 Å². The van der Waals surface area contributed by atoms with Crippen LogP contribution in [-0.4, -0.2) is 68.0 Å². The molecule has 0 aromatic heterocycles. The number of carbonyl (C=O) groups is 2. The summed E-state index contributed by atoms with van der Waals surface area (Å²) in [6.45, 7) is 0.978. The molecule has 0 saturated carbocycles. The maximum atomic E-state index is 14.0. The van der Waals surface area contributed by atoms with Crippen molar-refractivity contribution in [2.45, 2.75) is 12.5 Å². The molecular formula is C24H27FN2O5. The van der Waals surface area contributed by atoms with Gasteiger partial charge in [-0.25, -0.2) is 4.39 Å². The molecule has 3 rings (SSSR count). The molecular weight excluding hydrogens is 415 g/mol. The summed E-state index contributed by atoms with van der Waals surface area (Å²) < 4.78 is 24.6. The van der Waals surface area contributed by atoms with Gasteiger partial charge in [-0.15, -0.1) is 0 Å². The minimum absolute atomic E-state index is 0.103. The normalized spacial score (nSPS) is 17.8. The number of Topliss-reactive ketones (excluding diaryl/α,β-unsaturated/α-hetero) is 1. The fourth-order valence-corrected chi connectivity index (χ4v) is 3.83. The zero-order valence-corrected chi connectivity index (χ0v) is 18.6. The standard InChI is InChI=1S/C24H27FN2O5/c1-26(2)11-6-12-27-21(15-7-5-8-16(25)13-15)20(23(29)24(27)30)22(28)18-10-9-17(31-3)14-19(18)32-4/h5,7-10,13-14,21,28H,6,11-12H2,1-4H3/t21-/m1/s1. The summed E-state index contributed by atoms with van der Waals surface area (Å²) in [5.74, 6) is -1.65. The van der Waals surface area contributed by atoms with E-state index in [0.29, 0.717) is 24.3 Å². The topological polar surface area (TPSA) is 79.3 Å². The Hall–Kier alpha value is -3.39. The van der Waals surface area contributed by atoms with E-state index in [4.69, 9.17) is 9.47 Å². The Kier molecular flexibility index (Phi) is 7.15. The summed E-state index contributed by atoms with van der Waals surface area (Å²) in [5, 5.41) is 11.2. The Bertz CT molecular complexity index is 1050. The van der Waals surface area contributed by atoms with E-state index in [1.165, 1.54) is 37.3 Å². The number of hydrogen-bond acceptors (Lipinski definition) is 6. The van der Waals surface area contributed by atoms with Gasteiger partial charge in [0.25, 0.3) is 11.7 Å². The Balaban J connectivity index is 2.15. The molecule has 1 amide bonds. The lowest BCUT2D eigenvalue weighted by Crippen LogP contribution is -2.32. The summed E-state index contributed by atoms with van der Waals surface area (Å²) in [6, 6.07) is 9.52. The summed E-state index contributed by atoms with van der Waals surface area (Å²) in [4.78, 5) is 29.3. The summed E-state index contributed by atoms with van der Waals surface area (Å²) in [6.07, 6.45) is 0.609. The molecule has 1 fully saturated rings. The fourth-order valence-electron chi connectivity index (χ4n) is 3.83. The van der Waals surface area contributed by atoms with Gasteiger partial charge >= 0.3 is 0 Å². The second-order valence-electron chi connectivity index (χ2n) is 7.77. The van der Waals surface area contributed by atoms with Crippen molar-refractivity contribution in [3.8, 4) is 11.5 Å².